The Bertz CT molecular complexity index is 747. The van der Waals surface area contributed by atoms with Crippen LogP contribution in [0.15, 0.2) is 36.7 Å². The molecule has 0 N–H and O–H groups in total. The molecule has 2 unspecified atom stereocenters. The van der Waals surface area contributed by atoms with Gasteiger partial charge in [0.1, 0.15) is 18.5 Å². The average molecular weight is 471 g/mol. The number of unbranched alkanes of at least 4 members (excludes halogenated alkanes) is 8. The number of aromatic nitrogens is 2. The molecule has 1 aromatic heterocycles. The molecule has 0 aliphatic carbocycles. The van der Waals surface area contributed by atoms with Gasteiger partial charge in [-0.1, -0.05) is 85.0 Å². The molecule has 34 heavy (non-hydrogen) atoms. The maximum Gasteiger partial charge on any atom is 0.159 e. The van der Waals surface area contributed by atoms with Gasteiger partial charge in [-0.15, -0.1) is 0 Å². The summed E-state index contributed by atoms with van der Waals surface area (Å²) in [5.41, 5.74) is 2.15. The zero-order valence-electron chi connectivity index (χ0n) is 21.9. The van der Waals surface area contributed by atoms with E-state index in [0.717, 1.165) is 37.1 Å². The number of aryl methyl sites for hydroxylation is 1. The maximum absolute atomic E-state index is 14.1. The van der Waals surface area contributed by atoms with Gasteiger partial charge in [0.05, 0.1) is 0 Å². The quantitative estimate of drug-likeness (QED) is 0.192. The monoisotopic (exact) mass is 470 g/mol. The molecule has 0 aliphatic rings. The van der Waals surface area contributed by atoms with Gasteiger partial charge in [-0.2, -0.15) is 0 Å². The van der Waals surface area contributed by atoms with E-state index < -0.39 is 6.17 Å². The third kappa shape index (κ3) is 11.9. The lowest BCUT2D eigenvalue weighted by atomic mass is 9.99. The van der Waals surface area contributed by atoms with Crippen molar-refractivity contribution in [1.82, 2.24) is 9.97 Å². The third-order valence-electron chi connectivity index (χ3n) is 6.57. The van der Waals surface area contributed by atoms with E-state index in [0.29, 0.717) is 18.1 Å². The van der Waals surface area contributed by atoms with Crippen LogP contribution in [0.4, 0.5) is 4.39 Å². The van der Waals surface area contributed by atoms with Crippen molar-refractivity contribution in [2.75, 3.05) is 6.61 Å². The Morgan fingerprint density at radius 1 is 0.765 bits per heavy atom. The predicted molar refractivity (Wildman–Crippen MR) is 142 cm³/mol. The number of halogens is 1. The first kappa shape index (κ1) is 28.3. The van der Waals surface area contributed by atoms with Crippen LogP contribution < -0.4 is 4.74 Å². The Kier molecular flexibility index (Phi) is 14.5. The highest BCUT2D eigenvalue weighted by Gasteiger charge is 2.11. The lowest BCUT2D eigenvalue weighted by Gasteiger charge is -2.14. The SMILES string of the molecule is CCCCCCCCCCCc1cnc(-c2ccc(OCC(F)CCC(C)CCC)cc2)nc1. The number of nitrogens with zero attached hydrogens (tertiary/aromatic N) is 2. The summed E-state index contributed by atoms with van der Waals surface area (Å²) in [6, 6.07) is 7.64. The summed E-state index contributed by atoms with van der Waals surface area (Å²) in [5.74, 6) is 1.99. The minimum absolute atomic E-state index is 0.113. The largest absolute Gasteiger partial charge is 0.491 e. The van der Waals surface area contributed by atoms with E-state index in [4.69, 9.17) is 4.74 Å². The van der Waals surface area contributed by atoms with Crippen LogP contribution in [0.2, 0.25) is 0 Å². The van der Waals surface area contributed by atoms with Crippen LogP contribution in [-0.4, -0.2) is 22.7 Å². The van der Waals surface area contributed by atoms with Gasteiger partial charge in [0.15, 0.2) is 5.82 Å². The topological polar surface area (TPSA) is 35.0 Å². The van der Waals surface area contributed by atoms with Gasteiger partial charge < -0.3 is 4.74 Å². The fourth-order valence-electron chi connectivity index (χ4n) is 4.35. The Balaban J connectivity index is 1.65. The van der Waals surface area contributed by atoms with Crippen molar-refractivity contribution in [3.8, 4) is 17.1 Å². The summed E-state index contributed by atoms with van der Waals surface area (Å²) in [4.78, 5) is 9.11. The number of alkyl halides is 1. The lowest BCUT2D eigenvalue weighted by Crippen LogP contribution is -2.14. The van der Waals surface area contributed by atoms with Crippen molar-refractivity contribution in [1.29, 1.82) is 0 Å². The second-order valence-electron chi connectivity index (χ2n) is 9.90. The standard InChI is InChI=1S/C30H47FN2O/c1-4-6-7-8-9-10-11-12-13-15-26-22-32-30(33-23-26)27-17-20-29(21-18-27)34-24-28(31)19-16-25(3)14-5-2/h17-18,20-23,25,28H,4-16,19,24H2,1-3H3. The molecule has 1 aromatic carbocycles. The average Bonchev–Trinajstić information content (AvgIpc) is 2.86. The maximum atomic E-state index is 14.1. The molecule has 0 fully saturated rings. The van der Waals surface area contributed by atoms with Crippen LogP contribution in [0.3, 0.4) is 0 Å². The number of hydrogen-bond donors (Lipinski definition) is 0. The summed E-state index contributed by atoms with van der Waals surface area (Å²) in [6.07, 6.45) is 19.9. The lowest BCUT2D eigenvalue weighted by molar-refractivity contribution is 0.178. The second kappa shape index (κ2) is 17.5. The van der Waals surface area contributed by atoms with Crippen LogP contribution in [0, 0.1) is 5.92 Å². The Morgan fingerprint density at radius 2 is 1.38 bits per heavy atom. The molecule has 2 rings (SSSR count). The minimum Gasteiger partial charge on any atom is -0.491 e. The molecule has 0 saturated heterocycles. The van der Waals surface area contributed by atoms with Gasteiger partial charge >= 0.3 is 0 Å². The molecule has 3 nitrogen and oxygen atoms in total. The van der Waals surface area contributed by atoms with E-state index in [2.05, 4.69) is 30.7 Å². The molecule has 0 radical (unpaired) electrons. The van der Waals surface area contributed by atoms with Crippen molar-refractivity contribution in [2.24, 2.45) is 5.92 Å². The fourth-order valence-corrected chi connectivity index (χ4v) is 4.35. The van der Waals surface area contributed by atoms with E-state index in [1.165, 1.54) is 63.4 Å². The van der Waals surface area contributed by atoms with Gasteiger partial charge in [-0.25, -0.2) is 14.4 Å². The molecule has 1 heterocycles. The van der Waals surface area contributed by atoms with E-state index in [1.807, 2.05) is 36.7 Å². The Hall–Kier alpha value is -1.97. The van der Waals surface area contributed by atoms with Crippen molar-refractivity contribution < 1.29 is 9.13 Å². The van der Waals surface area contributed by atoms with Crippen molar-refractivity contribution in [3.05, 3.63) is 42.2 Å². The molecule has 0 bridgehead atoms. The van der Waals surface area contributed by atoms with Crippen LogP contribution in [0.1, 0.15) is 110 Å². The van der Waals surface area contributed by atoms with Gasteiger partial charge in [0.2, 0.25) is 0 Å². The Labute approximate surface area is 208 Å². The normalized spacial score (nSPS) is 13.1. The molecule has 0 saturated carbocycles. The third-order valence-corrected chi connectivity index (χ3v) is 6.57. The molecule has 2 atom stereocenters. The van der Waals surface area contributed by atoms with Crippen molar-refractivity contribution >= 4 is 0 Å². The van der Waals surface area contributed by atoms with E-state index in [-0.39, 0.29) is 6.61 Å². The minimum atomic E-state index is -0.916. The molecule has 0 amide bonds. The second-order valence-corrected chi connectivity index (χ2v) is 9.90. The Morgan fingerprint density at radius 3 is 2.00 bits per heavy atom. The summed E-state index contributed by atoms with van der Waals surface area (Å²) >= 11 is 0. The van der Waals surface area contributed by atoms with Gasteiger partial charge in [0.25, 0.3) is 0 Å². The first-order valence-electron chi connectivity index (χ1n) is 13.8. The highest BCUT2D eigenvalue weighted by atomic mass is 19.1. The zero-order valence-corrected chi connectivity index (χ0v) is 21.9. The number of rotatable bonds is 19. The van der Waals surface area contributed by atoms with E-state index in [1.54, 1.807) is 0 Å². The fraction of sp³-hybridized carbons (Fsp3) is 0.667. The predicted octanol–water partition coefficient (Wildman–Crippen LogP) is 9.15. The van der Waals surface area contributed by atoms with E-state index >= 15 is 0 Å². The zero-order chi connectivity index (χ0) is 24.4. The highest BCUT2D eigenvalue weighted by molar-refractivity contribution is 5.55. The molecular weight excluding hydrogens is 423 g/mol. The van der Waals surface area contributed by atoms with Crippen LogP contribution >= 0.6 is 0 Å². The summed E-state index contributed by atoms with van der Waals surface area (Å²) < 4.78 is 19.8. The van der Waals surface area contributed by atoms with Crippen LogP contribution in [-0.2, 0) is 6.42 Å². The first-order chi connectivity index (χ1) is 16.6. The highest BCUT2D eigenvalue weighted by Crippen LogP contribution is 2.21. The van der Waals surface area contributed by atoms with Gasteiger partial charge in [0, 0.05) is 18.0 Å². The molecule has 190 valence electrons. The van der Waals surface area contributed by atoms with Crippen LogP contribution in [0.5, 0.6) is 5.75 Å². The summed E-state index contributed by atoms with van der Waals surface area (Å²) in [6.45, 7) is 6.75. The smallest absolute Gasteiger partial charge is 0.159 e. The summed E-state index contributed by atoms with van der Waals surface area (Å²) in [7, 11) is 0. The number of benzene rings is 1. The van der Waals surface area contributed by atoms with Crippen LogP contribution in [0.25, 0.3) is 11.4 Å². The molecule has 2 aromatic rings. The number of hydrogen-bond acceptors (Lipinski definition) is 3. The van der Waals surface area contributed by atoms with E-state index in [9.17, 15) is 4.39 Å². The van der Waals surface area contributed by atoms with Gasteiger partial charge in [-0.05, 0) is 61.4 Å². The molecule has 4 heteroatoms. The summed E-state index contributed by atoms with van der Waals surface area (Å²) in [5, 5.41) is 0. The first-order valence-corrected chi connectivity index (χ1v) is 13.8. The number of ether oxygens (including phenoxy) is 1. The van der Waals surface area contributed by atoms with Crippen molar-refractivity contribution in [2.45, 2.75) is 117 Å². The van der Waals surface area contributed by atoms with Gasteiger partial charge in [-0.3, -0.25) is 0 Å². The molecule has 0 aliphatic heterocycles. The van der Waals surface area contributed by atoms with Crippen molar-refractivity contribution in [3.63, 3.8) is 0 Å². The molecular formula is C30H47FN2O. The molecule has 0 spiro atoms.